The molecule has 2 aromatic rings. The quantitative estimate of drug-likeness (QED) is 0.847. The van der Waals surface area contributed by atoms with E-state index in [0.717, 1.165) is 25.4 Å². The van der Waals surface area contributed by atoms with Gasteiger partial charge in [-0.3, -0.25) is 4.98 Å². The number of piperidine rings is 1. The minimum Gasteiger partial charge on any atom is -0.342 e. The number of nitrogens with zero attached hydrogens (tertiary/aromatic N) is 2. The zero-order valence-corrected chi connectivity index (χ0v) is 11.3. The second-order valence-corrected chi connectivity index (χ2v) is 5.79. The van der Waals surface area contributed by atoms with Gasteiger partial charge in [-0.25, -0.2) is 0 Å². The highest BCUT2D eigenvalue weighted by Gasteiger charge is 2.25. The molecule has 2 atom stereocenters. The van der Waals surface area contributed by atoms with Crippen LogP contribution in [0.4, 0.5) is 0 Å². The molecular formula is C16H19N3. The van der Waals surface area contributed by atoms with Crippen molar-refractivity contribution < 1.29 is 0 Å². The van der Waals surface area contributed by atoms with E-state index in [1.54, 1.807) is 0 Å². The van der Waals surface area contributed by atoms with Crippen molar-refractivity contribution in [1.82, 2.24) is 14.9 Å². The Hall–Kier alpha value is -1.61. The van der Waals surface area contributed by atoms with Crippen molar-refractivity contribution in [2.75, 3.05) is 13.1 Å². The van der Waals surface area contributed by atoms with Crippen molar-refractivity contribution >= 4 is 17.0 Å². The van der Waals surface area contributed by atoms with Crippen LogP contribution < -0.4 is 5.32 Å². The monoisotopic (exact) mass is 253 g/mol. The van der Waals surface area contributed by atoms with Gasteiger partial charge in [-0.15, -0.1) is 0 Å². The lowest BCUT2D eigenvalue weighted by atomic mass is 9.94. The van der Waals surface area contributed by atoms with Crippen LogP contribution in [0, 0.1) is 5.92 Å². The zero-order chi connectivity index (χ0) is 12.8. The number of fused-ring (bicyclic) bond motifs is 3. The fraction of sp³-hybridized carbons (Fsp3) is 0.438. The first-order valence-electron chi connectivity index (χ1n) is 7.20. The SMILES string of the molecule is C[C@@H]1CCNC[C@@H]1n1ccc2cnc3c(c21)C=CC3. The van der Waals surface area contributed by atoms with Crippen LogP contribution in [0.25, 0.3) is 17.0 Å². The molecule has 1 fully saturated rings. The third kappa shape index (κ3) is 1.65. The summed E-state index contributed by atoms with van der Waals surface area (Å²) in [6, 6.07) is 2.77. The molecule has 3 heteroatoms. The lowest BCUT2D eigenvalue weighted by Crippen LogP contribution is -2.36. The topological polar surface area (TPSA) is 29.9 Å². The molecule has 1 saturated heterocycles. The number of rotatable bonds is 1. The smallest absolute Gasteiger partial charge is 0.0591 e. The molecule has 0 saturated carbocycles. The van der Waals surface area contributed by atoms with E-state index in [1.807, 2.05) is 6.20 Å². The van der Waals surface area contributed by atoms with E-state index in [9.17, 15) is 0 Å². The van der Waals surface area contributed by atoms with Gasteiger partial charge < -0.3 is 9.88 Å². The van der Waals surface area contributed by atoms with Crippen LogP contribution in [0.1, 0.15) is 30.6 Å². The van der Waals surface area contributed by atoms with Crippen molar-refractivity contribution in [3.05, 3.63) is 35.8 Å². The molecule has 3 nitrogen and oxygen atoms in total. The minimum atomic E-state index is 0.562. The van der Waals surface area contributed by atoms with Gasteiger partial charge in [0.15, 0.2) is 0 Å². The Morgan fingerprint density at radius 1 is 1.42 bits per heavy atom. The molecule has 2 aromatic heterocycles. The molecule has 0 spiro atoms. The van der Waals surface area contributed by atoms with E-state index in [-0.39, 0.29) is 0 Å². The molecule has 2 aliphatic rings. The summed E-state index contributed by atoms with van der Waals surface area (Å²) in [5.74, 6) is 0.728. The summed E-state index contributed by atoms with van der Waals surface area (Å²) in [6.07, 6.45) is 11.0. The van der Waals surface area contributed by atoms with E-state index in [1.165, 1.54) is 28.6 Å². The molecule has 1 aliphatic carbocycles. The fourth-order valence-electron chi connectivity index (χ4n) is 3.46. The van der Waals surface area contributed by atoms with Gasteiger partial charge >= 0.3 is 0 Å². The lowest BCUT2D eigenvalue weighted by Gasteiger charge is -2.31. The Labute approximate surface area is 113 Å². The van der Waals surface area contributed by atoms with Crippen LogP contribution in [0.2, 0.25) is 0 Å². The summed E-state index contributed by atoms with van der Waals surface area (Å²) >= 11 is 0. The minimum absolute atomic E-state index is 0.562. The molecule has 19 heavy (non-hydrogen) atoms. The van der Waals surface area contributed by atoms with Crippen LogP contribution in [0.15, 0.2) is 24.5 Å². The maximum Gasteiger partial charge on any atom is 0.0591 e. The summed E-state index contributed by atoms with van der Waals surface area (Å²) in [4.78, 5) is 4.57. The van der Waals surface area contributed by atoms with Gasteiger partial charge in [0.05, 0.1) is 11.2 Å². The van der Waals surface area contributed by atoms with Crippen molar-refractivity contribution in [2.24, 2.45) is 5.92 Å². The Bertz CT molecular complexity index is 653. The van der Waals surface area contributed by atoms with E-state index >= 15 is 0 Å². The molecule has 0 unspecified atom stereocenters. The highest BCUT2D eigenvalue weighted by Crippen LogP contribution is 2.33. The van der Waals surface area contributed by atoms with Crippen molar-refractivity contribution in [1.29, 1.82) is 0 Å². The Morgan fingerprint density at radius 2 is 2.37 bits per heavy atom. The van der Waals surface area contributed by atoms with Gasteiger partial charge in [-0.05, 0) is 24.9 Å². The highest BCUT2D eigenvalue weighted by atomic mass is 15.1. The van der Waals surface area contributed by atoms with Gasteiger partial charge in [0.2, 0.25) is 0 Å². The van der Waals surface area contributed by atoms with Crippen LogP contribution >= 0.6 is 0 Å². The molecule has 98 valence electrons. The number of hydrogen-bond donors (Lipinski definition) is 1. The maximum absolute atomic E-state index is 4.57. The first-order valence-corrected chi connectivity index (χ1v) is 7.20. The van der Waals surface area contributed by atoms with Gasteiger partial charge in [-0.2, -0.15) is 0 Å². The summed E-state index contributed by atoms with van der Waals surface area (Å²) < 4.78 is 2.47. The first kappa shape index (κ1) is 11.2. The molecule has 0 amide bonds. The lowest BCUT2D eigenvalue weighted by molar-refractivity contribution is 0.280. The number of pyridine rings is 1. The van der Waals surface area contributed by atoms with Gasteiger partial charge in [0, 0.05) is 42.4 Å². The summed E-state index contributed by atoms with van der Waals surface area (Å²) in [6.45, 7) is 4.59. The van der Waals surface area contributed by atoms with Crippen LogP contribution in [-0.2, 0) is 6.42 Å². The van der Waals surface area contributed by atoms with Gasteiger partial charge in [-0.1, -0.05) is 19.1 Å². The van der Waals surface area contributed by atoms with E-state index in [2.05, 4.69) is 46.2 Å². The molecule has 4 rings (SSSR count). The Balaban J connectivity index is 1.90. The third-order valence-corrected chi connectivity index (χ3v) is 4.61. The number of allylic oxidation sites excluding steroid dienone is 1. The molecular weight excluding hydrogens is 234 g/mol. The molecule has 0 bridgehead atoms. The molecule has 3 heterocycles. The molecule has 1 N–H and O–H groups in total. The Morgan fingerprint density at radius 3 is 3.26 bits per heavy atom. The number of hydrogen-bond acceptors (Lipinski definition) is 2. The third-order valence-electron chi connectivity index (χ3n) is 4.61. The van der Waals surface area contributed by atoms with Crippen molar-refractivity contribution in [3.63, 3.8) is 0 Å². The number of aromatic nitrogens is 2. The van der Waals surface area contributed by atoms with Gasteiger partial charge in [0.25, 0.3) is 0 Å². The Kier molecular flexibility index (Phi) is 2.49. The molecule has 0 radical (unpaired) electrons. The molecule has 1 aliphatic heterocycles. The second kappa shape index (κ2) is 4.20. The average Bonchev–Trinajstić information content (AvgIpc) is 3.04. The predicted molar refractivity (Wildman–Crippen MR) is 78.2 cm³/mol. The summed E-state index contributed by atoms with van der Waals surface area (Å²) in [7, 11) is 0. The highest BCUT2D eigenvalue weighted by molar-refractivity contribution is 5.90. The standard InChI is InChI=1S/C16H19N3/c1-11-5-7-17-10-15(11)19-8-6-12-9-18-14-4-2-3-13(14)16(12)19/h2-3,6,8-9,11,15,17H,4-5,7,10H2,1H3/t11-,15+/m1/s1. The largest absolute Gasteiger partial charge is 0.342 e. The van der Waals surface area contributed by atoms with Crippen LogP contribution in [0.5, 0.6) is 0 Å². The second-order valence-electron chi connectivity index (χ2n) is 5.79. The first-order chi connectivity index (χ1) is 9.34. The van der Waals surface area contributed by atoms with Gasteiger partial charge in [0.1, 0.15) is 0 Å². The van der Waals surface area contributed by atoms with Crippen molar-refractivity contribution in [2.45, 2.75) is 25.8 Å². The van der Waals surface area contributed by atoms with E-state index in [0.29, 0.717) is 6.04 Å². The fourth-order valence-corrected chi connectivity index (χ4v) is 3.46. The average molecular weight is 253 g/mol. The normalized spacial score (nSPS) is 25.9. The van der Waals surface area contributed by atoms with E-state index < -0.39 is 0 Å². The zero-order valence-electron chi connectivity index (χ0n) is 11.3. The summed E-state index contributed by atoms with van der Waals surface area (Å²) in [5.41, 5.74) is 3.93. The summed E-state index contributed by atoms with van der Waals surface area (Å²) in [5, 5.41) is 4.80. The maximum atomic E-state index is 4.57. The molecule has 0 aromatic carbocycles. The van der Waals surface area contributed by atoms with E-state index in [4.69, 9.17) is 0 Å². The predicted octanol–water partition coefficient (Wildman–Crippen LogP) is 2.78. The van der Waals surface area contributed by atoms with Crippen molar-refractivity contribution in [3.8, 4) is 0 Å². The number of nitrogens with one attached hydrogen (secondary N) is 1. The van der Waals surface area contributed by atoms with Crippen LogP contribution in [0.3, 0.4) is 0 Å². The van der Waals surface area contributed by atoms with Crippen LogP contribution in [-0.4, -0.2) is 22.6 Å².